The monoisotopic (exact) mass is 431 g/mol. The van der Waals surface area contributed by atoms with E-state index >= 15 is 0 Å². The number of furan rings is 1. The van der Waals surface area contributed by atoms with E-state index in [9.17, 15) is 14.4 Å². The van der Waals surface area contributed by atoms with Crippen LogP contribution in [0.15, 0.2) is 35.1 Å². The van der Waals surface area contributed by atoms with Gasteiger partial charge in [-0.1, -0.05) is 0 Å². The summed E-state index contributed by atoms with van der Waals surface area (Å²) in [5.74, 6) is -1.29. The summed E-state index contributed by atoms with van der Waals surface area (Å²) in [4.78, 5) is 43.5. The Kier molecular flexibility index (Phi) is 6.80. The van der Waals surface area contributed by atoms with Crippen LogP contribution >= 0.6 is 11.3 Å². The molecule has 0 saturated heterocycles. The zero-order chi connectivity index (χ0) is 21.7. The molecule has 1 N–H and O–H groups in total. The lowest BCUT2D eigenvalue weighted by Crippen LogP contribution is -2.27. The summed E-state index contributed by atoms with van der Waals surface area (Å²) in [5.41, 5.74) is 1.38. The van der Waals surface area contributed by atoms with Crippen molar-refractivity contribution in [3.05, 3.63) is 46.9 Å². The predicted octanol–water partition coefficient (Wildman–Crippen LogP) is 2.92. The molecule has 0 atom stereocenters. The fourth-order valence-electron chi connectivity index (χ4n) is 2.80. The number of methoxy groups -OCH3 is 1. The first kappa shape index (κ1) is 21.5. The van der Waals surface area contributed by atoms with Crippen LogP contribution in [0.4, 0.5) is 5.69 Å². The summed E-state index contributed by atoms with van der Waals surface area (Å²) in [6, 6.07) is 5.09. The van der Waals surface area contributed by atoms with E-state index in [1.165, 1.54) is 25.7 Å². The van der Waals surface area contributed by atoms with Crippen molar-refractivity contribution >= 4 is 45.1 Å². The van der Waals surface area contributed by atoms with E-state index in [2.05, 4.69) is 10.3 Å². The number of esters is 2. The number of anilines is 1. The number of carbonyl (C=O) groups is 3. The standard InChI is InChI=1S/C20H21N3O6S/c1-4-29-15(24)10-23(2)9-13-5-6-14-16(22-18(25)12-7-8-28-11-12)17(20(26)27-3)30-19(14)21-13/h5-8,11H,4,9-10H2,1-3H3,(H,22,25). The van der Waals surface area contributed by atoms with Gasteiger partial charge in [-0.2, -0.15) is 0 Å². The van der Waals surface area contributed by atoms with E-state index in [1.807, 2.05) is 0 Å². The highest BCUT2D eigenvalue weighted by molar-refractivity contribution is 7.21. The lowest BCUT2D eigenvalue weighted by Gasteiger charge is -2.14. The number of ether oxygens (including phenoxy) is 2. The minimum Gasteiger partial charge on any atom is -0.472 e. The van der Waals surface area contributed by atoms with Gasteiger partial charge in [-0.3, -0.25) is 14.5 Å². The van der Waals surface area contributed by atoms with Gasteiger partial charge in [0.05, 0.1) is 43.5 Å². The minimum atomic E-state index is -0.568. The lowest BCUT2D eigenvalue weighted by atomic mass is 10.2. The third-order valence-corrected chi connectivity index (χ3v) is 5.22. The van der Waals surface area contributed by atoms with Crippen LogP contribution in [0.25, 0.3) is 10.2 Å². The maximum absolute atomic E-state index is 12.5. The van der Waals surface area contributed by atoms with Gasteiger partial charge in [0, 0.05) is 11.9 Å². The average Bonchev–Trinajstić information content (AvgIpc) is 3.36. The Morgan fingerprint density at radius 2 is 2.07 bits per heavy atom. The molecule has 0 radical (unpaired) electrons. The molecule has 0 aliphatic heterocycles. The van der Waals surface area contributed by atoms with Crippen LogP contribution in [0.5, 0.6) is 0 Å². The largest absolute Gasteiger partial charge is 0.472 e. The van der Waals surface area contributed by atoms with Gasteiger partial charge in [0.25, 0.3) is 5.91 Å². The fourth-order valence-corrected chi connectivity index (χ4v) is 3.87. The highest BCUT2D eigenvalue weighted by atomic mass is 32.1. The second-order valence-corrected chi connectivity index (χ2v) is 7.40. The number of aromatic nitrogens is 1. The van der Waals surface area contributed by atoms with Gasteiger partial charge in [0.15, 0.2) is 0 Å². The first-order valence-electron chi connectivity index (χ1n) is 9.11. The number of thiophene rings is 1. The predicted molar refractivity (Wildman–Crippen MR) is 111 cm³/mol. The van der Waals surface area contributed by atoms with Gasteiger partial charge in [-0.25, -0.2) is 9.78 Å². The number of nitrogens with one attached hydrogen (secondary N) is 1. The van der Waals surface area contributed by atoms with E-state index in [0.29, 0.717) is 40.3 Å². The van der Waals surface area contributed by atoms with Crippen molar-refractivity contribution in [2.75, 3.05) is 32.6 Å². The maximum atomic E-state index is 12.5. The molecule has 3 aromatic rings. The molecule has 3 rings (SSSR count). The van der Waals surface area contributed by atoms with Crippen LogP contribution in [0.1, 0.15) is 32.6 Å². The van der Waals surface area contributed by atoms with Crippen molar-refractivity contribution in [3.63, 3.8) is 0 Å². The van der Waals surface area contributed by atoms with Crippen molar-refractivity contribution in [1.82, 2.24) is 9.88 Å². The summed E-state index contributed by atoms with van der Waals surface area (Å²) in [6.07, 6.45) is 2.71. The summed E-state index contributed by atoms with van der Waals surface area (Å²) >= 11 is 1.13. The number of hydrogen-bond donors (Lipinski definition) is 1. The zero-order valence-electron chi connectivity index (χ0n) is 16.8. The molecule has 10 heteroatoms. The Morgan fingerprint density at radius 1 is 1.27 bits per heavy atom. The van der Waals surface area contributed by atoms with Crippen molar-refractivity contribution < 1.29 is 28.3 Å². The summed E-state index contributed by atoms with van der Waals surface area (Å²) in [7, 11) is 3.06. The molecule has 0 aliphatic carbocycles. The molecule has 0 fully saturated rings. The molecule has 3 heterocycles. The molecule has 0 aromatic carbocycles. The molecule has 0 aliphatic rings. The third-order valence-electron chi connectivity index (χ3n) is 4.14. The number of amides is 1. The molecule has 0 bridgehead atoms. The normalized spacial score (nSPS) is 10.9. The molecule has 30 heavy (non-hydrogen) atoms. The molecule has 0 spiro atoms. The van der Waals surface area contributed by atoms with Gasteiger partial charge < -0.3 is 19.2 Å². The highest BCUT2D eigenvalue weighted by Crippen LogP contribution is 2.36. The summed E-state index contributed by atoms with van der Waals surface area (Å²) in [6.45, 7) is 2.63. The molecule has 0 unspecified atom stereocenters. The minimum absolute atomic E-state index is 0.136. The third kappa shape index (κ3) is 4.84. The van der Waals surface area contributed by atoms with Gasteiger partial charge in [-0.05, 0) is 32.2 Å². The van der Waals surface area contributed by atoms with Crippen LogP contribution < -0.4 is 5.32 Å². The Bertz CT molecular complexity index is 1060. The van der Waals surface area contributed by atoms with Gasteiger partial charge >= 0.3 is 11.9 Å². The molecule has 1 amide bonds. The van der Waals surface area contributed by atoms with Gasteiger partial charge in [-0.15, -0.1) is 11.3 Å². The molecule has 158 valence electrons. The van der Waals surface area contributed by atoms with E-state index in [4.69, 9.17) is 13.9 Å². The number of rotatable bonds is 8. The quantitative estimate of drug-likeness (QED) is 0.542. The Balaban J connectivity index is 1.87. The van der Waals surface area contributed by atoms with Gasteiger partial charge in [0.2, 0.25) is 0 Å². The summed E-state index contributed by atoms with van der Waals surface area (Å²) < 4.78 is 14.7. The smallest absolute Gasteiger partial charge is 0.350 e. The topological polar surface area (TPSA) is 111 Å². The van der Waals surface area contributed by atoms with E-state index < -0.39 is 11.9 Å². The fraction of sp³-hybridized carbons (Fsp3) is 0.300. The molecule has 0 saturated carbocycles. The van der Waals surface area contributed by atoms with Crippen molar-refractivity contribution in [1.29, 1.82) is 0 Å². The number of likely N-dealkylation sites (N-methyl/N-ethyl adjacent to an activating group) is 1. The molecular formula is C20H21N3O6S. The van der Waals surface area contributed by atoms with E-state index in [1.54, 1.807) is 31.0 Å². The first-order valence-corrected chi connectivity index (χ1v) is 9.93. The van der Waals surface area contributed by atoms with Crippen LogP contribution in [-0.2, 0) is 20.8 Å². The first-order chi connectivity index (χ1) is 14.4. The van der Waals surface area contributed by atoms with Crippen LogP contribution in [0.3, 0.4) is 0 Å². The van der Waals surface area contributed by atoms with Crippen LogP contribution in [0, 0.1) is 0 Å². The van der Waals surface area contributed by atoms with E-state index in [0.717, 1.165) is 11.3 Å². The second kappa shape index (κ2) is 9.51. The summed E-state index contributed by atoms with van der Waals surface area (Å²) in [5, 5.41) is 3.37. The SMILES string of the molecule is CCOC(=O)CN(C)Cc1ccc2c(NC(=O)c3ccoc3)c(C(=O)OC)sc2n1. The van der Waals surface area contributed by atoms with Crippen LogP contribution in [-0.4, -0.2) is 55.0 Å². The molecule has 3 aromatic heterocycles. The van der Waals surface area contributed by atoms with Crippen molar-refractivity contribution in [3.8, 4) is 0 Å². The Morgan fingerprint density at radius 3 is 2.73 bits per heavy atom. The number of pyridine rings is 1. The van der Waals surface area contributed by atoms with Crippen LogP contribution in [0.2, 0.25) is 0 Å². The second-order valence-electron chi connectivity index (χ2n) is 6.40. The average molecular weight is 431 g/mol. The molecule has 9 nitrogen and oxygen atoms in total. The number of nitrogens with zero attached hydrogens (tertiary/aromatic N) is 2. The molecular weight excluding hydrogens is 410 g/mol. The van der Waals surface area contributed by atoms with Crippen molar-refractivity contribution in [2.45, 2.75) is 13.5 Å². The lowest BCUT2D eigenvalue weighted by molar-refractivity contribution is -0.144. The zero-order valence-corrected chi connectivity index (χ0v) is 17.6. The van der Waals surface area contributed by atoms with Crippen molar-refractivity contribution in [2.24, 2.45) is 0 Å². The Hall–Kier alpha value is -3.24. The maximum Gasteiger partial charge on any atom is 0.350 e. The number of hydrogen-bond acceptors (Lipinski definition) is 9. The highest BCUT2D eigenvalue weighted by Gasteiger charge is 2.23. The Labute approximate surface area is 176 Å². The number of carbonyl (C=O) groups excluding carboxylic acids is 3. The van der Waals surface area contributed by atoms with Gasteiger partial charge in [0.1, 0.15) is 16.0 Å². The van der Waals surface area contributed by atoms with E-state index in [-0.39, 0.29) is 17.4 Å². The number of fused-ring (bicyclic) bond motifs is 1.